The molecule has 1 N–H and O–H groups in total. The average Bonchev–Trinajstić information content (AvgIpc) is 2.79. The highest BCUT2D eigenvalue weighted by molar-refractivity contribution is 7.89. The second-order valence-corrected chi connectivity index (χ2v) is 9.99. The molecule has 2 amide bonds. The number of urea groups is 1. The minimum Gasteiger partial charge on any atom is -0.381 e. The quantitative estimate of drug-likeness (QED) is 0.711. The maximum absolute atomic E-state index is 13.2. The van der Waals surface area contributed by atoms with Crippen LogP contribution in [0.3, 0.4) is 0 Å². The molecular weight excluding hydrogens is 402 g/mol. The zero-order chi connectivity index (χ0) is 21.6. The second kappa shape index (κ2) is 10.6. The van der Waals surface area contributed by atoms with Crippen LogP contribution in [0.5, 0.6) is 0 Å². The molecule has 0 unspecified atom stereocenters. The molecular formula is C22H35N3O4S. The van der Waals surface area contributed by atoms with E-state index in [1.807, 2.05) is 30.9 Å². The molecule has 0 aromatic heterocycles. The molecule has 3 rings (SSSR count). The van der Waals surface area contributed by atoms with Gasteiger partial charge in [0.15, 0.2) is 0 Å². The summed E-state index contributed by atoms with van der Waals surface area (Å²) in [5.74, 6) is 0. The number of hydrogen-bond donors (Lipinski definition) is 1. The first-order valence-corrected chi connectivity index (χ1v) is 12.6. The number of nitrogens with one attached hydrogen (secondary N) is 1. The van der Waals surface area contributed by atoms with Gasteiger partial charge in [0, 0.05) is 44.9 Å². The predicted molar refractivity (Wildman–Crippen MR) is 117 cm³/mol. The van der Waals surface area contributed by atoms with Gasteiger partial charge in [-0.25, -0.2) is 13.2 Å². The summed E-state index contributed by atoms with van der Waals surface area (Å²) in [5.41, 5.74) is 0.849. The summed E-state index contributed by atoms with van der Waals surface area (Å²) in [4.78, 5) is 15.3. The molecule has 0 atom stereocenters. The Morgan fingerprint density at radius 3 is 2.37 bits per heavy atom. The molecule has 2 aliphatic heterocycles. The van der Waals surface area contributed by atoms with Crippen molar-refractivity contribution in [3.63, 3.8) is 0 Å². The minimum atomic E-state index is -3.52. The first kappa shape index (κ1) is 23.0. The van der Waals surface area contributed by atoms with Crippen molar-refractivity contribution >= 4 is 16.1 Å². The lowest BCUT2D eigenvalue weighted by atomic mass is 9.99. The zero-order valence-corrected chi connectivity index (χ0v) is 19.0. The van der Waals surface area contributed by atoms with E-state index < -0.39 is 10.0 Å². The highest BCUT2D eigenvalue weighted by Crippen LogP contribution is 2.28. The van der Waals surface area contributed by atoms with Crippen LogP contribution >= 0.6 is 0 Å². The van der Waals surface area contributed by atoms with Crippen molar-refractivity contribution in [3.8, 4) is 0 Å². The smallest absolute Gasteiger partial charge is 0.317 e. The Labute approximate surface area is 180 Å². The summed E-state index contributed by atoms with van der Waals surface area (Å²) in [6, 6.07) is 7.43. The van der Waals surface area contributed by atoms with Crippen molar-refractivity contribution in [2.75, 3.05) is 32.8 Å². The fourth-order valence-electron chi connectivity index (χ4n) is 4.46. The van der Waals surface area contributed by atoms with E-state index in [1.165, 1.54) is 0 Å². The van der Waals surface area contributed by atoms with E-state index in [-0.39, 0.29) is 18.1 Å². The fourth-order valence-corrected chi connectivity index (χ4v) is 6.23. The van der Waals surface area contributed by atoms with E-state index >= 15 is 0 Å². The van der Waals surface area contributed by atoms with Gasteiger partial charge in [0.05, 0.1) is 4.90 Å². The van der Waals surface area contributed by atoms with Crippen LogP contribution in [-0.2, 0) is 21.2 Å². The van der Waals surface area contributed by atoms with Gasteiger partial charge in [-0.2, -0.15) is 4.31 Å². The maximum Gasteiger partial charge on any atom is 0.317 e. The highest BCUT2D eigenvalue weighted by atomic mass is 32.2. The number of rotatable bonds is 7. The van der Waals surface area contributed by atoms with Crippen LogP contribution in [0, 0.1) is 0 Å². The van der Waals surface area contributed by atoms with Gasteiger partial charge in [0.25, 0.3) is 0 Å². The predicted octanol–water partition coefficient (Wildman–Crippen LogP) is 3.00. The maximum atomic E-state index is 13.2. The molecule has 0 aliphatic carbocycles. The average molecular weight is 438 g/mol. The SMILES string of the molecule is CCCNC(=O)N(C1CCOCC1)C1CCN(S(=O)(=O)c2ccccc2CC)CC1. The van der Waals surface area contributed by atoms with Gasteiger partial charge in [-0.05, 0) is 50.2 Å². The normalized spacial score (nSPS) is 19.5. The monoisotopic (exact) mass is 437 g/mol. The third kappa shape index (κ3) is 5.15. The topological polar surface area (TPSA) is 79.0 Å². The summed E-state index contributed by atoms with van der Waals surface area (Å²) in [6.45, 7) is 6.88. The summed E-state index contributed by atoms with van der Waals surface area (Å²) in [6.07, 6.45) is 4.56. The summed E-state index contributed by atoms with van der Waals surface area (Å²) < 4.78 is 33.5. The van der Waals surface area contributed by atoms with Crippen LogP contribution in [0.25, 0.3) is 0 Å². The molecule has 1 aromatic carbocycles. The van der Waals surface area contributed by atoms with Crippen molar-refractivity contribution in [2.24, 2.45) is 0 Å². The summed E-state index contributed by atoms with van der Waals surface area (Å²) >= 11 is 0. The number of amides is 2. The molecule has 0 saturated carbocycles. The molecule has 8 heteroatoms. The number of piperidine rings is 1. The molecule has 0 bridgehead atoms. The standard InChI is InChI=1S/C22H35N3O4S/c1-3-13-23-22(26)25(20-11-16-29-17-12-20)19-9-14-24(15-10-19)30(27,28)21-8-6-5-7-18(21)4-2/h5-8,19-20H,3-4,9-17H2,1-2H3,(H,23,26). The van der Waals surface area contributed by atoms with E-state index in [9.17, 15) is 13.2 Å². The Morgan fingerprint density at radius 2 is 1.73 bits per heavy atom. The lowest BCUT2D eigenvalue weighted by molar-refractivity contribution is 0.0255. The van der Waals surface area contributed by atoms with Gasteiger partial charge in [0.2, 0.25) is 10.0 Å². The van der Waals surface area contributed by atoms with Gasteiger partial charge in [0.1, 0.15) is 0 Å². The van der Waals surface area contributed by atoms with Crippen molar-refractivity contribution in [1.29, 1.82) is 0 Å². The number of benzene rings is 1. The first-order valence-electron chi connectivity index (χ1n) is 11.2. The molecule has 2 saturated heterocycles. The summed E-state index contributed by atoms with van der Waals surface area (Å²) in [5, 5.41) is 3.02. The van der Waals surface area contributed by atoms with E-state index in [0.29, 0.717) is 57.0 Å². The van der Waals surface area contributed by atoms with Gasteiger partial charge in [-0.15, -0.1) is 0 Å². The number of sulfonamides is 1. The lowest BCUT2D eigenvalue weighted by Gasteiger charge is -2.43. The number of ether oxygens (including phenoxy) is 1. The Morgan fingerprint density at radius 1 is 1.10 bits per heavy atom. The second-order valence-electron chi connectivity index (χ2n) is 8.08. The summed E-state index contributed by atoms with van der Waals surface area (Å²) in [7, 11) is -3.52. The number of carbonyl (C=O) groups is 1. The van der Waals surface area contributed by atoms with Crippen molar-refractivity contribution in [1.82, 2.24) is 14.5 Å². The van der Waals surface area contributed by atoms with Gasteiger partial charge in [-0.1, -0.05) is 32.0 Å². The van der Waals surface area contributed by atoms with Crippen molar-refractivity contribution < 1.29 is 17.9 Å². The van der Waals surface area contributed by atoms with E-state index in [4.69, 9.17) is 4.74 Å². The first-order chi connectivity index (χ1) is 14.5. The molecule has 2 aliphatic rings. The zero-order valence-electron chi connectivity index (χ0n) is 18.2. The molecule has 0 radical (unpaired) electrons. The molecule has 2 heterocycles. The minimum absolute atomic E-state index is 0.0265. The number of hydrogen-bond acceptors (Lipinski definition) is 4. The van der Waals surface area contributed by atoms with Gasteiger partial charge >= 0.3 is 6.03 Å². The van der Waals surface area contributed by atoms with Gasteiger partial charge in [-0.3, -0.25) is 0 Å². The van der Waals surface area contributed by atoms with Crippen LogP contribution in [0.1, 0.15) is 51.5 Å². The van der Waals surface area contributed by atoms with Crippen LogP contribution in [-0.4, -0.2) is 68.6 Å². The highest BCUT2D eigenvalue weighted by Gasteiger charge is 2.37. The fraction of sp³-hybridized carbons (Fsp3) is 0.682. The largest absolute Gasteiger partial charge is 0.381 e. The number of aryl methyl sites for hydroxylation is 1. The Bertz CT molecular complexity index is 800. The van der Waals surface area contributed by atoms with Crippen LogP contribution in [0.15, 0.2) is 29.2 Å². The third-order valence-corrected chi connectivity index (χ3v) is 8.13. The van der Waals surface area contributed by atoms with E-state index in [2.05, 4.69) is 5.32 Å². The van der Waals surface area contributed by atoms with Crippen molar-refractivity contribution in [2.45, 2.75) is 69.4 Å². The van der Waals surface area contributed by atoms with Crippen LogP contribution < -0.4 is 5.32 Å². The lowest BCUT2D eigenvalue weighted by Crippen LogP contribution is -2.56. The number of nitrogens with zero attached hydrogens (tertiary/aromatic N) is 2. The molecule has 1 aromatic rings. The Hall–Kier alpha value is -1.64. The van der Waals surface area contributed by atoms with Crippen LogP contribution in [0.4, 0.5) is 4.79 Å². The Balaban J connectivity index is 1.71. The molecule has 7 nitrogen and oxygen atoms in total. The molecule has 0 spiro atoms. The van der Waals surface area contributed by atoms with E-state index in [0.717, 1.165) is 24.8 Å². The van der Waals surface area contributed by atoms with E-state index in [1.54, 1.807) is 16.4 Å². The molecule has 168 valence electrons. The third-order valence-electron chi connectivity index (χ3n) is 6.13. The Kier molecular flexibility index (Phi) is 8.13. The number of carbonyl (C=O) groups excluding carboxylic acids is 1. The molecule has 2 fully saturated rings. The van der Waals surface area contributed by atoms with Crippen molar-refractivity contribution in [3.05, 3.63) is 29.8 Å². The molecule has 30 heavy (non-hydrogen) atoms. The van der Waals surface area contributed by atoms with Crippen LogP contribution in [0.2, 0.25) is 0 Å². The van der Waals surface area contributed by atoms with Gasteiger partial charge < -0.3 is 15.0 Å².